The highest BCUT2D eigenvalue weighted by molar-refractivity contribution is 5.91. The molecule has 0 aliphatic heterocycles. The van der Waals surface area contributed by atoms with E-state index >= 15 is 0 Å². The molecule has 0 aliphatic rings. The van der Waals surface area contributed by atoms with Gasteiger partial charge in [-0.15, -0.1) is 0 Å². The maximum atomic E-state index is 10.5. The van der Waals surface area contributed by atoms with Crippen molar-refractivity contribution in [3.63, 3.8) is 0 Å². The molecule has 0 aliphatic carbocycles. The van der Waals surface area contributed by atoms with Crippen molar-refractivity contribution in [2.75, 3.05) is 0 Å². The third kappa shape index (κ3) is 2.26. The van der Waals surface area contributed by atoms with Crippen molar-refractivity contribution in [3.8, 4) is 11.5 Å². The Morgan fingerprint density at radius 2 is 2.07 bits per heavy atom. The molecular formula is C10H11NO3. The highest BCUT2D eigenvalue weighted by atomic mass is 16.3. The Labute approximate surface area is 81.3 Å². The molecule has 0 aromatic heterocycles. The predicted molar refractivity (Wildman–Crippen MR) is 52.7 cm³/mol. The zero-order chi connectivity index (χ0) is 10.7. The number of hydrogen-bond acceptors (Lipinski definition) is 3. The number of aryl methyl sites for hydroxylation is 1. The van der Waals surface area contributed by atoms with E-state index in [4.69, 9.17) is 10.8 Å². The lowest BCUT2D eigenvalue weighted by Crippen LogP contribution is -2.05. The van der Waals surface area contributed by atoms with Gasteiger partial charge in [-0.2, -0.15) is 0 Å². The minimum Gasteiger partial charge on any atom is -0.508 e. The fourth-order valence-electron chi connectivity index (χ4n) is 1.14. The highest BCUT2D eigenvalue weighted by Gasteiger charge is 2.03. The van der Waals surface area contributed by atoms with E-state index in [0.29, 0.717) is 11.1 Å². The van der Waals surface area contributed by atoms with Gasteiger partial charge in [0.25, 0.3) is 0 Å². The minimum absolute atomic E-state index is 0.0174. The molecule has 74 valence electrons. The van der Waals surface area contributed by atoms with Gasteiger partial charge in [0, 0.05) is 17.7 Å². The van der Waals surface area contributed by atoms with Gasteiger partial charge in [-0.1, -0.05) is 0 Å². The molecule has 0 fully saturated rings. The number of rotatable bonds is 2. The van der Waals surface area contributed by atoms with Crippen LogP contribution in [-0.4, -0.2) is 16.1 Å². The molecule has 0 radical (unpaired) electrons. The Hall–Kier alpha value is -1.97. The second kappa shape index (κ2) is 3.83. The van der Waals surface area contributed by atoms with E-state index in [2.05, 4.69) is 0 Å². The summed E-state index contributed by atoms with van der Waals surface area (Å²) >= 11 is 0. The number of primary amides is 1. The van der Waals surface area contributed by atoms with E-state index in [-0.39, 0.29) is 11.5 Å². The van der Waals surface area contributed by atoms with Gasteiger partial charge in [0.05, 0.1) is 0 Å². The van der Waals surface area contributed by atoms with Gasteiger partial charge in [0.1, 0.15) is 11.5 Å². The van der Waals surface area contributed by atoms with Crippen LogP contribution in [0.25, 0.3) is 6.08 Å². The van der Waals surface area contributed by atoms with E-state index < -0.39 is 5.91 Å². The monoisotopic (exact) mass is 193 g/mol. The smallest absolute Gasteiger partial charge is 0.241 e. The van der Waals surface area contributed by atoms with Crippen molar-refractivity contribution in [3.05, 3.63) is 29.3 Å². The largest absolute Gasteiger partial charge is 0.508 e. The number of benzene rings is 1. The molecule has 0 spiro atoms. The third-order valence-corrected chi connectivity index (χ3v) is 1.76. The first-order valence-electron chi connectivity index (χ1n) is 4.01. The summed E-state index contributed by atoms with van der Waals surface area (Å²) in [5, 5.41) is 18.5. The second-order valence-corrected chi connectivity index (χ2v) is 2.93. The second-order valence-electron chi connectivity index (χ2n) is 2.93. The third-order valence-electron chi connectivity index (χ3n) is 1.76. The van der Waals surface area contributed by atoms with Crippen molar-refractivity contribution in [1.82, 2.24) is 0 Å². The first-order valence-corrected chi connectivity index (χ1v) is 4.01. The summed E-state index contributed by atoms with van der Waals surface area (Å²) in [4.78, 5) is 10.5. The van der Waals surface area contributed by atoms with Crippen LogP contribution in [0.3, 0.4) is 0 Å². The maximum Gasteiger partial charge on any atom is 0.241 e. The summed E-state index contributed by atoms with van der Waals surface area (Å²) in [5.41, 5.74) is 6.05. The van der Waals surface area contributed by atoms with E-state index in [9.17, 15) is 9.90 Å². The summed E-state index contributed by atoms with van der Waals surface area (Å²) in [6.45, 7) is 1.71. The van der Waals surface area contributed by atoms with E-state index in [1.165, 1.54) is 18.2 Å². The molecule has 1 rings (SSSR count). The van der Waals surface area contributed by atoms with Crippen LogP contribution in [0.5, 0.6) is 11.5 Å². The topological polar surface area (TPSA) is 83.6 Å². The normalized spacial score (nSPS) is 10.6. The van der Waals surface area contributed by atoms with Crippen LogP contribution < -0.4 is 5.73 Å². The summed E-state index contributed by atoms with van der Waals surface area (Å²) in [7, 11) is 0. The van der Waals surface area contributed by atoms with Gasteiger partial charge in [-0.05, 0) is 24.6 Å². The molecule has 1 aromatic rings. The number of hydrogen-bond donors (Lipinski definition) is 3. The zero-order valence-electron chi connectivity index (χ0n) is 7.69. The minimum atomic E-state index is -0.586. The number of nitrogens with two attached hydrogens (primary N) is 1. The Morgan fingerprint density at radius 3 is 2.57 bits per heavy atom. The number of phenolic OH excluding ortho intramolecular Hbond substituents is 2. The molecule has 4 N–H and O–H groups in total. The first-order chi connectivity index (χ1) is 6.50. The summed E-state index contributed by atoms with van der Waals surface area (Å²) in [6.07, 6.45) is 2.56. The average molecular weight is 193 g/mol. The molecule has 4 nitrogen and oxygen atoms in total. The SMILES string of the molecule is Cc1cc(O)cc(O)c1/C=C/C(N)=O. The summed E-state index contributed by atoms with van der Waals surface area (Å²) in [5.74, 6) is -0.687. The number of amides is 1. The summed E-state index contributed by atoms with van der Waals surface area (Å²) < 4.78 is 0. The summed E-state index contributed by atoms with van der Waals surface area (Å²) in [6, 6.07) is 2.69. The molecule has 14 heavy (non-hydrogen) atoms. The van der Waals surface area contributed by atoms with Crippen LogP contribution in [0.4, 0.5) is 0 Å². The predicted octanol–water partition coefficient (Wildman–Crippen LogP) is 0.905. The number of aromatic hydroxyl groups is 2. The number of carbonyl (C=O) groups excluding carboxylic acids is 1. The fourth-order valence-corrected chi connectivity index (χ4v) is 1.14. The van der Waals surface area contributed by atoms with Crippen LogP contribution in [0.15, 0.2) is 18.2 Å². The maximum absolute atomic E-state index is 10.5. The van der Waals surface area contributed by atoms with Gasteiger partial charge in [-0.25, -0.2) is 0 Å². The first kappa shape index (κ1) is 10.1. The van der Waals surface area contributed by atoms with Crippen molar-refractivity contribution in [1.29, 1.82) is 0 Å². The van der Waals surface area contributed by atoms with Crippen molar-refractivity contribution >= 4 is 12.0 Å². The van der Waals surface area contributed by atoms with Crippen LogP contribution in [0.2, 0.25) is 0 Å². The molecule has 1 amide bonds. The molecule has 0 saturated heterocycles. The van der Waals surface area contributed by atoms with E-state index in [1.807, 2.05) is 0 Å². The van der Waals surface area contributed by atoms with Gasteiger partial charge in [0.2, 0.25) is 5.91 Å². The van der Waals surface area contributed by atoms with Crippen LogP contribution >= 0.6 is 0 Å². The molecule has 4 heteroatoms. The van der Waals surface area contributed by atoms with Crippen molar-refractivity contribution < 1.29 is 15.0 Å². The van der Waals surface area contributed by atoms with E-state index in [1.54, 1.807) is 6.92 Å². The highest BCUT2D eigenvalue weighted by Crippen LogP contribution is 2.27. The van der Waals surface area contributed by atoms with Crippen LogP contribution in [0, 0.1) is 6.92 Å². The van der Waals surface area contributed by atoms with Crippen LogP contribution in [-0.2, 0) is 4.79 Å². The molecule has 0 saturated carbocycles. The van der Waals surface area contributed by atoms with Gasteiger partial charge >= 0.3 is 0 Å². The molecule has 0 unspecified atom stereocenters. The molecule has 0 atom stereocenters. The number of phenols is 2. The Bertz CT molecular complexity index is 373. The zero-order valence-corrected chi connectivity index (χ0v) is 7.69. The van der Waals surface area contributed by atoms with E-state index in [0.717, 1.165) is 6.08 Å². The lowest BCUT2D eigenvalue weighted by Gasteiger charge is -2.04. The van der Waals surface area contributed by atoms with Gasteiger partial charge in [-0.3, -0.25) is 4.79 Å². The van der Waals surface area contributed by atoms with Crippen molar-refractivity contribution in [2.24, 2.45) is 5.73 Å². The molecular weight excluding hydrogens is 182 g/mol. The number of carbonyl (C=O) groups is 1. The molecule has 1 aromatic carbocycles. The van der Waals surface area contributed by atoms with Gasteiger partial charge < -0.3 is 15.9 Å². The standard InChI is InChI=1S/C10H11NO3/c1-6-4-7(12)5-9(13)8(6)2-3-10(11)14/h2-5,12-13H,1H3,(H2,11,14)/b3-2+. The Morgan fingerprint density at radius 1 is 1.43 bits per heavy atom. The quantitative estimate of drug-likeness (QED) is 0.610. The van der Waals surface area contributed by atoms with Gasteiger partial charge in [0.15, 0.2) is 0 Å². The Kier molecular flexibility index (Phi) is 2.76. The molecule has 0 bridgehead atoms. The molecule has 0 heterocycles. The van der Waals surface area contributed by atoms with Crippen molar-refractivity contribution in [2.45, 2.75) is 6.92 Å². The fraction of sp³-hybridized carbons (Fsp3) is 0.100. The lowest BCUT2D eigenvalue weighted by atomic mass is 10.1. The van der Waals surface area contributed by atoms with Crippen LogP contribution in [0.1, 0.15) is 11.1 Å². The lowest BCUT2D eigenvalue weighted by molar-refractivity contribution is -0.113. The average Bonchev–Trinajstić information content (AvgIpc) is 2.01. The Balaban J connectivity index is 3.15.